The molecule has 0 bridgehead atoms. The van der Waals surface area contributed by atoms with Crippen molar-refractivity contribution in [1.29, 1.82) is 0 Å². The molecular formula is C14H24N2. The first kappa shape index (κ1) is 11.7. The summed E-state index contributed by atoms with van der Waals surface area (Å²) in [6.07, 6.45) is 10.00. The summed E-state index contributed by atoms with van der Waals surface area (Å²) in [5.74, 6) is 0. The fourth-order valence-corrected chi connectivity index (χ4v) is 2.49. The van der Waals surface area contributed by atoms with Crippen LogP contribution >= 0.6 is 0 Å². The first-order valence-electron chi connectivity index (χ1n) is 6.63. The molecule has 2 rings (SSSR count). The molecule has 1 aliphatic rings. The molecule has 1 aromatic heterocycles. The van der Waals surface area contributed by atoms with E-state index in [9.17, 15) is 0 Å². The van der Waals surface area contributed by atoms with E-state index in [2.05, 4.69) is 42.2 Å². The molecule has 0 spiro atoms. The highest BCUT2D eigenvalue weighted by Crippen LogP contribution is 2.48. The number of nitrogens with one attached hydrogen (secondary N) is 1. The molecule has 16 heavy (non-hydrogen) atoms. The van der Waals surface area contributed by atoms with E-state index in [0.717, 1.165) is 13.1 Å². The second-order valence-corrected chi connectivity index (χ2v) is 5.20. The summed E-state index contributed by atoms with van der Waals surface area (Å²) in [5.41, 5.74) is 2.08. The Morgan fingerprint density at radius 2 is 2.19 bits per heavy atom. The molecule has 90 valence electrons. The second-order valence-electron chi connectivity index (χ2n) is 5.20. The van der Waals surface area contributed by atoms with Gasteiger partial charge in [-0.15, -0.1) is 0 Å². The Morgan fingerprint density at radius 3 is 2.75 bits per heavy atom. The Hall–Kier alpha value is -0.760. The topological polar surface area (TPSA) is 17.0 Å². The van der Waals surface area contributed by atoms with E-state index < -0.39 is 0 Å². The first-order valence-corrected chi connectivity index (χ1v) is 6.63. The molecule has 0 aliphatic heterocycles. The summed E-state index contributed by atoms with van der Waals surface area (Å²) < 4.78 is 2.23. The minimum atomic E-state index is 0.669. The predicted molar refractivity (Wildman–Crippen MR) is 68.4 cm³/mol. The van der Waals surface area contributed by atoms with Crippen molar-refractivity contribution in [3.8, 4) is 0 Å². The van der Waals surface area contributed by atoms with Gasteiger partial charge in [0.2, 0.25) is 0 Å². The van der Waals surface area contributed by atoms with E-state index in [1.165, 1.54) is 37.8 Å². The molecule has 1 aliphatic carbocycles. The number of aromatic nitrogens is 1. The van der Waals surface area contributed by atoms with E-state index in [-0.39, 0.29) is 0 Å². The van der Waals surface area contributed by atoms with Crippen molar-refractivity contribution in [2.24, 2.45) is 5.41 Å². The standard InChI is InChI=1S/C14H24N2/c1-3-6-14(7-8-14)12-15-10-13-5-9-16(4-2)11-13/h5,9,11,15H,3-4,6-8,10,12H2,1-2H3. The highest BCUT2D eigenvalue weighted by molar-refractivity contribution is 5.10. The Kier molecular flexibility index (Phi) is 3.70. The van der Waals surface area contributed by atoms with Crippen molar-refractivity contribution in [2.45, 2.75) is 52.6 Å². The smallest absolute Gasteiger partial charge is 0.0220 e. The lowest BCUT2D eigenvalue weighted by Gasteiger charge is -2.14. The summed E-state index contributed by atoms with van der Waals surface area (Å²) in [7, 11) is 0. The summed E-state index contributed by atoms with van der Waals surface area (Å²) in [4.78, 5) is 0. The van der Waals surface area contributed by atoms with Gasteiger partial charge in [0.1, 0.15) is 0 Å². The van der Waals surface area contributed by atoms with E-state index in [1.807, 2.05) is 0 Å². The average Bonchev–Trinajstić information content (AvgIpc) is 2.89. The Bertz CT molecular complexity index is 323. The molecule has 1 saturated carbocycles. The van der Waals surface area contributed by atoms with Gasteiger partial charge in [0, 0.05) is 32.0 Å². The lowest BCUT2D eigenvalue weighted by Crippen LogP contribution is -2.23. The SMILES string of the molecule is CCCC1(CNCc2ccn(CC)c2)CC1. The lowest BCUT2D eigenvalue weighted by molar-refractivity contribution is 0.421. The molecule has 1 heterocycles. The molecule has 0 saturated heterocycles. The highest BCUT2D eigenvalue weighted by atomic mass is 14.9. The third kappa shape index (κ3) is 2.88. The van der Waals surface area contributed by atoms with Crippen molar-refractivity contribution in [3.63, 3.8) is 0 Å². The molecule has 0 aromatic carbocycles. The minimum Gasteiger partial charge on any atom is -0.354 e. The van der Waals surface area contributed by atoms with E-state index in [1.54, 1.807) is 0 Å². The summed E-state index contributed by atoms with van der Waals surface area (Å²) in [5, 5.41) is 3.61. The van der Waals surface area contributed by atoms with Gasteiger partial charge in [0.25, 0.3) is 0 Å². The maximum absolute atomic E-state index is 3.61. The molecule has 1 aromatic rings. The van der Waals surface area contributed by atoms with Crippen molar-refractivity contribution < 1.29 is 0 Å². The molecule has 0 amide bonds. The van der Waals surface area contributed by atoms with Gasteiger partial charge in [-0.05, 0) is 43.2 Å². The molecule has 1 N–H and O–H groups in total. The number of aryl methyl sites for hydroxylation is 1. The third-order valence-corrected chi connectivity index (χ3v) is 3.74. The fourth-order valence-electron chi connectivity index (χ4n) is 2.49. The van der Waals surface area contributed by atoms with Gasteiger partial charge in [-0.2, -0.15) is 0 Å². The summed E-state index contributed by atoms with van der Waals surface area (Å²) in [6, 6.07) is 2.22. The van der Waals surface area contributed by atoms with Gasteiger partial charge in [0.15, 0.2) is 0 Å². The Morgan fingerprint density at radius 1 is 1.38 bits per heavy atom. The van der Waals surface area contributed by atoms with Crippen LogP contribution in [-0.4, -0.2) is 11.1 Å². The summed E-state index contributed by atoms with van der Waals surface area (Å²) >= 11 is 0. The van der Waals surface area contributed by atoms with Crippen molar-refractivity contribution in [1.82, 2.24) is 9.88 Å². The lowest BCUT2D eigenvalue weighted by atomic mass is 10.0. The molecule has 0 radical (unpaired) electrons. The van der Waals surface area contributed by atoms with Crippen LogP contribution in [0.3, 0.4) is 0 Å². The van der Waals surface area contributed by atoms with Gasteiger partial charge in [-0.3, -0.25) is 0 Å². The van der Waals surface area contributed by atoms with Crippen LogP contribution in [0.2, 0.25) is 0 Å². The van der Waals surface area contributed by atoms with Gasteiger partial charge < -0.3 is 9.88 Å². The zero-order chi connectivity index (χ0) is 11.4. The quantitative estimate of drug-likeness (QED) is 0.747. The van der Waals surface area contributed by atoms with Crippen LogP contribution in [0, 0.1) is 5.41 Å². The van der Waals surface area contributed by atoms with Crippen LogP contribution < -0.4 is 5.32 Å². The molecule has 1 fully saturated rings. The highest BCUT2D eigenvalue weighted by Gasteiger charge is 2.40. The van der Waals surface area contributed by atoms with Crippen molar-refractivity contribution in [3.05, 3.63) is 24.0 Å². The van der Waals surface area contributed by atoms with E-state index in [4.69, 9.17) is 0 Å². The maximum atomic E-state index is 3.61. The largest absolute Gasteiger partial charge is 0.354 e. The molecule has 0 atom stereocenters. The zero-order valence-corrected chi connectivity index (χ0v) is 10.6. The molecule has 0 unspecified atom stereocenters. The number of hydrogen-bond acceptors (Lipinski definition) is 1. The second kappa shape index (κ2) is 5.05. The van der Waals surface area contributed by atoms with Gasteiger partial charge in [0.05, 0.1) is 0 Å². The van der Waals surface area contributed by atoms with Gasteiger partial charge in [-0.25, -0.2) is 0 Å². The predicted octanol–water partition coefficient (Wildman–Crippen LogP) is 3.18. The molecular weight excluding hydrogens is 196 g/mol. The normalized spacial score (nSPS) is 17.6. The van der Waals surface area contributed by atoms with Crippen LogP contribution in [0.25, 0.3) is 0 Å². The maximum Gasteiger partial charge on any atom is 0.0220 e. The fraction of sp³-hybridized carbons (Fsp3) is 0.714. The first-order chi connectivity index (χ1) is 7.78. The number of nitrogens with zero attached hydrogens (tertiary/aromatic N) is 1. The van der Waals surface area contributed by atoms with E-state index >= 15 is 0 Å². The van der Waals surface area contributed by atoms with Crippen LogP contribution in [0.4, 0.5) is 0 Å². The van der Waals surface area contributed by atoms with Crippen LogP contribution in [0.1, 0.15) is 45.1 Å². The zero-order valence-electron chi connectivity index (χ0n) is 10.6. The van der Waals surface area contributed by atoms with Crippen LogP contribution in [0.5, 0.6) is 0 Å². The Labute approximate surface area is 99.0 Å². The average molecular weight is 220 g/mol. The van der Waals surface area contributed by atoms with Gasteiger partial charge in [-0.1, -0.05) is 13.3 Å². The van der Waals surface area contributed by atoms with Crippen molar-refractivity contribution in [2.75, 3.05) is 6.54 Å². The minimum absolute atomic E-state index is 0.669. The molecule has 2 nitrogen and oxygen atoms in total. The molecule has 2 heteroatoms. The summed E-state index contributed by atoms with van der Waals surface area (Å²) in [6.45, 7) is 7.77. The third-order valence-electron chi connectivity index (χ3n) is 3.74. The number of hydrogen-bond donors (Lipinski definition) is 1. The Balaban J connectivity index is 1.71. The monoisotopic (exact) mass is 220 g/mol. The van der Waals surface area contributed by atoms with E-state index in [0.29, 0.717) is 5.41 Å². The number of rotatable bonds is 7. The van der Waals surface area contributed by atoms with Crippen molar-refractivity contribution >= 4 is 0 Å². The van der Waals surface area contributed by atoms with Gasteiger partial charge >= 0.3 is 0 Å². The van der Waals surface area contributed by atoms with Crippen LogP contribution in [0.15, 0.2) is 18.5 Å². The van der Waals surface area contributed by atoms with Crippen LogP contribution in [-0.2, 0) is 13.1 Å².